The quantitative estimate of drug-likeness (QED) is 0.300. The number of thiophene rings is 1. The van der Waals surface area contributed by atoms with E-state index in [2.05, 4.69) is 0 Å². The van der Waals surface area contributed by atoms with Crippen molar-refractivity contribution in [2.45, 2.75) is 13.8 Å². The maximum Gasteiger partial charge on any atom is 0.145 e. The van der Waals surface area contributed by atoms with Gasteiger partial charge < -0.3 is 8.83 Å². The molecule has 0 aliphatic rings. The molecule has 6 nitrogen and oxygen atoms in total. The molecule has 0 fully saturated rings. The Morgan fingerprint density at radius 3 is 1.45 bits per heavy atom. The van der Waals surface area contributed by atoms with Crippen molar-refractivity contribution >= 4 is 23.5 Å². The van der Waals surface area contributed by atoms with Crippen molar-refractivity contribution in [2.75, 3.05) is 0 Å². The van der Waals surface area contributed by atoms with Gasteiger partial charge >= 0.3 is 0 Å². The summed E-state index contributed by atoms with van der Waals surface area (Å²) in [5.41, 5.74) is 2.21. The number of nitriles is 4. The van der Waals surface area contributed by atoms with Gasteiger partial charge in [-0.25, -0.2) is 0 Å². The van der Waals surface area contributed by atoms with E-state index in [4.69, 9.17) is 29.9 Å². The number of allylic oxidation sites excluding steroid dienone is 6. The Bertz CT molecular complexity index is 1340. The van der Waals surface area contributed by atoms with E-state index in [0.29, 0.717) is 23.0 Å². The largest absolute Gasteiger partial charge is 0.456 e. The summed E-state index contributed by atoms with van der Waals surface area (Å²) in [6.07, 6.45) is 9.45. The summed E-state index contributed by atoms with van der Waals surface area (Å²) in [6.45, 7) is 4.05. The Balaban J connectivity index is 1.85. The molecule has 3 aromatic heterocycles. The highest BCUT2D eigenvalue weighted by molar-refractivity contribution is 7.19. The van der Waals surface area contributed by atoms with Crippen LogP contribution in [0.3, 0.4) is 0 Å². The third-order valence-corrected chi connectivity index (χ3v) is 6.10. The minimum atomic E-state index is 0.0200. The first kappa shape index (κ1) is 22.9. The predicted octanol–water partition coefficient (Wildman–Crippen LogP) is 6.86. The summed E-state index contributed by atoms with van der Waals surface area (Å²) in [7, 11) is 0. The van der Waals surface area contributed by atoms with Gasteiger partial charge in [0.2, 0.25) is 0 Å². The molecule has 158 valence electrons. The molecule has 0 aliphatic carbocycles. The van der Waals surface area contributed by atoms with Gasteiger partial charge in [0.05, 0.1) is 9.75 Å². The summed E-state index contributed by atoms with van der Waals surface area (Å²) in [4.78, 5) is 1.97. The first-order chi connectivity index (χ1) is 16.0. The molecule has 0 aliphatic heterocycles. The SMILES string of the molecule is Cc1c(-c2ccc(/C=C/C=C(C#N)C#N)o2)sc(-c2ccc(/C=C/C=C(C#N)C#N)o2)c1C. The van der Waals surface area contributed by atoms with Crippen LogP contribution in [-0.2, 0) is 0 Å². The van der Waals surface area contributed by atoms with Crippen LogP contribution in [0, 0.1) is 59.2 Å². The summed E-state index contributed by atoms with van der Waals surface area (Å²) in [5.74, 6) is 2.65. The van der Waals surface area contributed by atoms with Gasteiger partial charge in [-0.05, 0) is 73.5 Å². The van der Waals surface area contributed by atoms with Crippen molar-refractivity contribution in [3.63, 3.8) is 0 Å². The second kappa shape index (κ2) is 10.5. The second-order valence-electron chi connectivity index (χ2n) is 6.74. The maximum absolute atomic E-state index is 8.78. The molecular formula is C26H16N4O2S. The Labute approximate surface area is 195 Å². The summed E-state index contributed by atoms with van der Waals surface area (Å²) in [5, 5.41) is 35.1. The van der Waals surface area contributed by atoms with Crippen molar-refractivity contribution in [3.8, 4) is 45.6 Å². The second-order valence-corrected chi connectivity index (χ2v) is 7.76. The summed E-state index contributed by atoms with van der Waals surface area (Å²) >= 11 is 1.56. The molecule has 0 N–H and O–H groups in total. The van der Waals surface area contributed by atoms with Gasteiger partial charge in [-0.1, -0.05) is 12.2 Å². The van der Waals surface area contributed by atoms with E-state index in [1.54, 1.807) is 59.9 Å². The van der Waals surface area contributed by atoms with E-state index in [1.165, 1.54) is 12.2 Å². The number of furan rings is 2. The third kappa shape index (κ3) is 5.27. The Kier molecular flexibility index (Phi) is 7.25. The van der Waals surface area contributed by atoms with Crippen LogP contribution in [0.5, 0.6) is 0 Å². The lowest BCUT2D eigenvalue weighted by Gasteiger charge is -1.95. The molecule has 7 heteroatoms. The molecule has 0 bridgehead atoms. The van der Waals surface area contributed by atoms with Crippen LogP contribution in [-0.4, -0.2) is 0 Å². The molecule has 3 rings (SSSR count). The van der Waals surface area contributed by atoms with Gasteiger partial charge in [0.1, 0.15) is 58.5 Å². The monoisotopic (exact) mass is 448 g/mol. The lowest BCUT2D eigenvalue weighted by molar-refractivity contribution is 0.572. The molecule has 3 heterocycles. The molecule has 0 radical (unpaired) electrons. The van der Waals surface area contributed by atoms with E-state index in [1.807, 2.05) is 38.1 Å². The fourth-order valence-corrected chi connectivity index (χ4v) is 4.11. The lowest BCUT2D eigenvalue weighted by atomic mass is 10.1. The number of rotatable bonds is 6. The van der Waals surface area contributed by atoms with Crippen LogP contribution >= 0.6 is 11.3 Å². The fourth-order valence-electron chi connectivity index (χ4n) is 2.87. The molecule has 0 aromatic carbocycles. The van der Waals surface area contributed by atoms with Crippen LogP contribution in [0.15, 0.2) is 68.6 Å². The molecule has 0 saturated carbocycles. The van der Waals surface area contributed by atoms with Crippen LogP contribution in [0.1, 0.15) is 22.6 Å². The molecule has 0 spiro atoms. The van der Waals surface area contributed by atoms with Gasteiger partial charge in [-0.2, -0.15) is 21.0 Å². The Hall–Kier alpha value is -4.82. The molecule has 33 heavy (non-hydrogen) atoms. The van der Waals surface area contributed by atoms with Crippen molar-refractivity contribution in [1.82, 2.24) is 0 Å². The van der Waals surface area contributed by atoms with Crippen LogP contribution < -0.4 is 0 Å². The zero-order chi connectivity index (χ0) is 23.8. The average molecular weight is 449 g/mol. The number of hydrogen-bond acceptors (Lipinski definition) is 7. The number of nitrogens with zero attached hydrogens (tertiary/aromatic N) is 4. The fraction of sp³-hybridized carbons (Fsp3) is 0.0769. The van der Waals surface area contributed by atoms with Crippen molar-refractivity contribution in [1.29, 1.82) is 21.0 Å². The third-order valence-electron chi connectivity index (χ3n) is 4.68. The highest BCUT2D eigenvalue weighted by atomic mass is 32.1. The molecule has 0 amide bonds. The van der Waals surface area contributed by atoms with Gasteiger partial charge in [0.25, 0.3) is 0 Å². The highest BCUT2D eigenvalue weighted by Crippen LogP contribution is 2.42. The lowest BCUT2D eigenvalue weighted by Crippen LogP contribution is -1.77. The minimum Gasteiger partial charge on any atom is -0.456 e. The maximum atomic E-state index is 8.78. The van der Waals surface area contributed by atoms with Gasteiger partial charge in [-0.3, -0.25) is 0 Å². The van der Waals surface area contributed by atoms with E-state index in [-0.39, 0.29) is 11.1 Å². The molecule has 3 aromatic rings. The van der Waals surface area contributed by atoms with Crippen LogP contribution in [0.25, 0.3) is 33.4 Å². The molecule has 0 saturated heterocycles. The van der Waals surface area contributed by atoms with Crippen LogP contribution in [0.2, 0.25) is 0 Å². The van der Waals surface area contributed by atoms with Crippen molar-refractivity contribution < 1.29 is 8.83 Å². The first-order valence-electron chi connectivity index (χ1n) is 9.68. The standard InChI is InChI=1S/C26H16N4O2S/c1-17-18(2)26(24-12-10-22(32-24)8-4-6-20(15-29)16-30)33-25(17)23-11-9-21(31-23)7-3-5-19(13-27)14-28/h3-12H,1-2H3/b7-3+,8-4+. The highest BCUT2D eigenvalue weighted by Gasteiger charge is 2.18. The summed E-state index contributed by atoms with van der Waals surface area (Å²) in [6, 6.07) is 14.6. The van der Waals surface area contributed by atoms with Gasteiger partial charge in [0, 0.05) is 0 Å². The predicted molar refractivity (Wildman–Crippen MR) is 126 cm³/mol. The first-order valence-corrected chi connectivity index (χ1v) is 10.5. The Morgan fingerprint density at radius 1 is 0.697 bits per heavy atom. The van der Waals surface area contributed by atoms with E-state index in [0.717, 1.165) is 20.9 Å². The normalized spacial score (nSPS) is 10.4. The topological polar surface area (TPSA) is 121 Å². The van der Waals surface area contributed by atoms with E-state index in [9.17, 15) is 0 Å². The zero-order valence-corrected chi connectivity index (χ0v) is 18.6. The molecule has 0 unspecified atom stereocenters. The Morgan fingerprint density at radius 2 is 1.09 bits per heavy atom. The average Bonchev–Trinajstić information content (AvgIpc) is 3.55. The van der Waals surface area contributed by atoms with E-state index < -0.39 is 0 Å². The molecular weight excluding hydrogens is 432 g/mol. The minimum absolute atomic E-state index is 0.0200. The van der Waals surface area contributed by atoms with Crippen LogP contribution in [0.4, 0.5) is 0 Å². The van der Waals surface area contributed by atoms with Crippen molar-refractivity contribution in [2.24, 2.45) is 0 Å². The van der Waals surface area contributed by atoms with Crippen molar-refractivity contribution in [3.05, 3.63) is 82.4 Å². The smallest absolute Gasteiger partial charge is 0.145 e. The number of hydrogen-bond donors (Lipinski definition) is 0. The zero-order valence-electron chi connectivity index (χ0n) is 17.8. The van der Waals surface area contributed by atoms with E-state index >= 15 is 0 Å². The summed E-state index contributed by atoms with van der Waals surface area (Å²) < 4.78 is 11.9. The molecule has 0 atom stereocenters. The van der Waals surface area contributed by atoms with Gasteiger partial charge in [-0.15, -0.1) is 11.3 Å². The van der Waals surface area contributed by atoms with Gasteiger partial charge in [0.15, 0.2) is 0 Å².